The van der Waals surface area contributed by atoms with E-state index in [0.29, 0.717) is 12.1 Å². The predicted molar refractivity (Wildman–Crippen MR) is 60.8 cm³/mol. The summed E-state index contributed by atoms with van der Waals surface area (Å²) in [6.45, 7) is 4.52. The second-order valence-electron chi connectivity index (χ2n) is 4.31. The van der Waals surface area contributed by atoms with Gasteiger partial charge in [-0.3, -0.25) is 4.90 Å². The van der Waals surface area contributed by atoms with Gasteiger partial charge in [-0.15, -0.1) is 0 Å². The van der Waals surface area contributed by atoms with E-state index in [1.54, 1.807) is 6.26 Å². The summed E-state index contributed by atoms with van der Waals surface area (Å²) < 4.78 is 5.46. The highest BCUT2D eigenvalue weighted by Crippen LogP contribution is 2.24. The molecule has 2 heterocycles. The molecule has 3 heteroatoms. The van der Waals surface area contributed by atoms with Crippen LogP contribution in [0, 0.1) is 0 Å². The standard InChI is InChI=1S/C12H20N2O/c1-10(12-6-4-8-15-12)14-7-3-5-11(9-14)13-2/h4,6,8,10-11,13H,3,5,7,9H2,1-2H3/t10-,11+/m1/s1. The number of hydrogen-bond acceptors (Lipinski definition) is 3. The monoisotopic (exact) mass is 208 g/mol. The highest BCUT2D eigenvalue weighted by molar-refractivity contribution is 5.04. The SMILES string of the molecule is CN[C@H]1CCCN([C@H](C)c2ccco2)C1. The molecular formula is C12H20N2O. The second kappa shape index (κ2) is 4.81. The largest absolute Gasteiger partial charge is 0.468 e. The van der Waals surface area contributed by atoms with Crippen molar-refractivity contribution in [2.45, 2.75) is 31.8 Å². The normalized spacial score (nSPS) is 25.3. The van der Waals surface area contributed by atoms with Crippen molar-refractivity contribution in [1.29, 1.82) is 0 Å². The van der Waals surface area contributed by atoms with E-state index < -0.39 is 0 Å². The Labute approximate surface area is 91.4 Å². The lowest BCUT2D eigenvalue weighted by molar-refractivity contribution is 0.135. The molecule has 1 fully saturated rings. The van der Waals surface area contributed by atoms with Gasteiger partial charge in [0.2, 0.25) is 0 Å². The molecule has 0 saturated carbocycles. The molecule has 0 unspecified atom stereocenters. The molecule has 1 aliphatic rings. The van der Waals surface area contributed by atoms with Crippen molar-refractivity contribution in [1.82, 2.24) is 10.2 Å². The average Bonchev–Trinajstić information content (AvgIpc) is 2.81. The van der Waals surface area contributed by atoms with E-state index in [1.165, 1.54) is 19.4 Å². The van der Waals surface area contributed by atoms with Crippen LogP contribution in [0.5, 0.6) is 0 Å². The number of likely N-dealkylation sites (N-methyl/N-ethyl adjacent to an activating group) is 1. The molecule has 0 spiro atoms. The Kier molecular flexibility index (Phi) is 3.44. The first-order chi connectivity index (χ1) is 7.31. The van der Waals surface area contributed by atoms with Crippen molar-refractivity contribution in [3.05, 3.63) is 24.2 Å². The molecule has 84 valence electrons. The fourth-order valence-corrected chi connectivity index (χ4v) is 2.30. The van der Waals surface area contributed by atoms with Gasteiger partial charge in [-0.05, 0) is 45.5 Å². The third-order valence-electron chi connectivity index (χ3n) is 3.36. The van der Waals surface area contributed by atoms with E-state index in [1.807, 2.05) is 13.1 Å². The predicted octanol–water partition coefficient (Wildman–Crippen LogP) is 2.02. The summed E-state index contributed by atoms with van der Waals surface area (Å²) in [4.78, 5) is 2.49. The van der Waals surface area contributed by atoms with E-state index in [4.69, 9.17) is 4.42 Å². The molecular weight excluding hydrogens is 188 g/mol. The van der Waals surface area contributed by atoms with E-state index in [2.05, 4.69) is 23.2 Å². The summed E-state index contributed by atoms with van der Waals surface area (Å²) in [5, 5.41) is 3.36. The number of piperidine rings is 1. The number of hydrogen-bond donors (Lipinski definition) is 1. The average molecular weight is 208 g/mol. The van der Waals surface area contributed by atoms with Gasteiger partial charge < -0.3 is 9.73 Å². The van der Waals surface area contributed by atoms with Crippen LogP contribution >= 0.6 is 0 Å². The number of likely N-dealkylation sites (tertiary alicyclic amines) is 1. The smallest absolute Gasteiger partial charge is 0.120 e. The van der Waals surface area contributed by atoms with Gasteiger partial charge in [0.1, 0.15) is 5.76 Å². The van der Waals surface area contributed by atoms with E-state index in [9.17, 15) is 0 Å². The van der Waals surface area contributed by atoms with Gasteiger partial charge in [0, 0.05) is 12.6 Å². The van der Waals surface area contributed by atoms with E-state index in [0.717, 1.165) is 12.3 Å². The van der Waals surface area contributed by atoms with Crippen LogP contribution in [0.4, 0.5) is 0 Å². The molecule has 3 nitrogen and oxygen atoms in total. The Morgan fingerprint density at radius 2 is 2.47 bits per heavy atom. The van der Waals surface area contributed by atoms with Gasteiger partial charge in [0.15, 0.2) is 0 Å². The summed E-state index contributed by atoms with van der Waals surface area (Å²) in [5.41, 5.74) is 0. The maximum Gasteiger partial charge on any atom is 0.120 e. The van der Waals surface area contributed by atoms with Gasteiger partial charge >= 0.3 is 0 Å². The first kappa shape index (κ1) is 10.7. The maximum atomic E-state index is 5.46. The van der Waals surface area contributed by atoms with Crippen LogP contribution in [0.1, 0.15) is 31.6 Å². The van der Waals surface area contributed by atoms with Crippen molar-refractivity contribution >= 4 is 0 Å². The molecule has 2 rings (SSSR count). The van der Waals surface area contributed by atoms with Crippen LogP contribution in [0.25, 0.3) is 0 Å². The van der Waals surface area contributed by atoms with Crippen molar-refractivity contribution in [3.8, 4) is 0 Å². The van der Waals surface area contributed by atoms with Crippen LogP contribution in [-0.4, -0.2) is 31.1 Å². The molecule has 0 aromatic carbocycles. The van der Waals surface area contributed by atoms with Gasteiger partial charge in [0.05, 0.1) is 12.3 Å². The third-order valence-corrected chi connectivity index (χ3v) is 3.36. The molecule has 1 N–H and O–H groups in total. The summed E-state index contributed by atoms with van der Waals surface area (Å²) in [7, 11) is 2.05. The zero-order chi connectivity index (χ0) is 10.7. The quantitative estimate of drug-likeness (QED) is 0.824. The fraction of sp³-hybridized carbons (Fsp3) is 0.667. The molecule has 0 bridgehead atoms. The Balaban J connectivity index is 1.98. The highest BCUT2D eigenvalue weighted by Gasteiger charge is 2.24. The van der Waals surface area contributed by atoms with E-state index in [-0.39, 0.29) is 0 Å². The minimum atomic E-state index is 0.399. The van der Waals surface area contributed by atoms with Crippen molar-refractivity contribution in [2.24, 2.45) is 0 Å². The Morgan fingerprint density at radius 3 is 3.13 bits per heavy atom. The molecule has 1 saturated heterocycles. The van der Waals surface area contributed by atoms with E-state index >= 15 is 0 Å². The molecule has 1 aromatic rings. The molecule has 0 amide bonds. The van der Waals surface area contributed by atoms with Gasteiger partial charge in [-0.1, -0.05) is 0 Å². The van der Waals surface area contributed by atoms with Crippen LogP contribution < -0.4 is 5.32 Å². The summed E-state index contributed by atoms with van der Waals surface area (Å²) in [6, 6.07) is 5.06. The maximum absolute atomic E-state index is 5.46. The van der Waals surface area contributed by atoms with Crippen molar-refractivity contribution in [3.63, 3.8) is 0 Å². The summed E-state index contributed by atoms with van der Waals surface area (Å²) in [5.74, 6) is 1.08. The van der Waals surface area contributed by atoms with Gasteiger partial charge in [-0.2, -0.15) is 0 Å². The van der Waals surface area contributed by atoms with Gasteiger partial charge in [0.25, 0.3) is 0 Å². The zero-order valence-electron chi connectivity index (χ0n) is 9.57. The van der Waals surface area contributed by atoms with Crippen LogP contribution in [0.3, 0.4) is 0 Å². The van der Waals surface area contributed by atoms with Crippen LogP contribution in [0.15, 0.2) is 22.8 Å². The lowest BCUT2D eigenvalue weighted by Crippen LogP contribution is -2.45. The van der Waals surface area contributed by atoms with Crippen molar-refractivity contribution < 1.29 is 4.42 Å². The Bertz CT molecular complexity index is 284. The molecule has 0 aliphatic carbocycles. The number of nitrogens with zero attached hydrogens (tertiary/aromatic N) is 1. The Morgan fingerprint density at radius 1 is 1.60 bits per heavy atom. The lowest BCUT2D eigenvalue weighted by Gasteiger charge is -2.35. The topological polar surface area (TPSA) is 28.4 Å². The summed E-state index contributed by atoms with van der Waals surface area (Å²) >= 11 is 0. The first-order valence-corrected chi connectivity index (χ1v) is 5.76. The Hall–Kier alpha value is -0.800. The molecule has 2 atom stereocenters. The second-order valence-corrected chi connectivity index (χ2v) is 4.31. The molecule has 1 aliphatic heterocycles. The molecule has 0 radical (unpaired) electrons. The number of nitrogens with one attached hydrogen (secondary N) is 1. The highest BCUT2D eigenvalue weighted by atomic mass is 16.3. The zero-order valence-corrected chi connectivity index (χ0v) is 9.57. The third kappa shape index (κ3) is 2.41. The minimum absolute atomic E-state index is 0.399. The number of furan rings is 1. The fourth-order valence-electron chi connectivity index (χ4n) is 2.30. The first-order valence-electron chi connectivity index (χ1n) is 5.76. The van der Waals surface area contributed by atoms with Gasteiger partial charge in [-0.25, -0.2) is 0 Å². The number of rotatable bonds is 3. The van der Waals surface area contributed by atoms with Crippen LogP contribution in [-0.2, 0) is 0 Å². The minimum Gasteiger partial charge on any atom is -0.468 e. The summed E-state index contributed by atoms with van der Waals surface area (Å²) in [6.07, 6.45) is 4.32. The van der Waals surface area contributed by atoms with Crippen LogP contribution in [0.2, 0.25) is 0 Å². The van der Waals surface area contributed by atoms with Crippen molar-refractivity contribution in [2.75, 3.05) is 20.1 Å². The lowest BCUT2D eigenvalue weighted by atomic mass is 10.0. The molecule has 15 heavy (non-hydrogen) atoms. The molecule has 1 aromatic heterocycles.